The number of rotatable bonds is 3. The van der Waals surface area contributed by atoms with E-state index in [9.17, 15) is 10.2 Å². The van der Waals surface area contributed by atoms with Gasteiger partial charge in [-0.25, -0.2) is 0 Å². The molecule has 4 aromatic rings. The zero-order valence-electron chi connectivity index (χ0n) is 19.5. The predicted molar refractivity (Wildman–Crippen MR) is 137 cm³/mol. The minimum atomic E-state index is -0.0746. The number of hydrogen-bond acceptors (Lipinski definition) is 3. The van der Waals surface area contributed by atoms with Crippen LogP contribution in [0.3, 0.4) is 0 Å². The molecule has 1 aliphatic carbocycles. The van der Waals surface area contributed by atoms with Crippen LogP contribution in [0.2, 0.25) is 0 Å². The smallest absolute Gasteiger partial charge is 0.132 e. The summed E-state index contributed by atoms with van der Waals surface area (Å²) in [5.41, 5.74) is 6.94. The average molecular weight is 449 g/mol. The highest BCUT2D eigenvalue weighted by atomic mass is 16.5. The van der Waals surface area contributed by atoms with Crippen molar-refractivity contribution >= 4 is 16.8 Å². The zero-order chi connectivity index (χ0) is 23.4. The zero-order valence-corrected chi connectivity index (χ0v) is 19.5. The van der Waals surface area contributed by atoms with Gasteiger partial charge < -0.3 is 14.9 Å². The highest BCUT2D eigenvalue weighted by molar-refractivity contribution is 5.92. The molecule has 34 heavy (non-hydrogen) atoms. The minimum absolute atomic E-state index is 0.0746. The number of phenols is 1. The van der Waals surface area contributed by atoms with Gasteiger partial charge in [-0.1, -0.05) is 56.3 Å². The van der Waals surface area contributed by atoms with E-state index in [4.69, 9.17) is 4.74 Å². The molecular weight excluding hydrogens is 420 g/mol. The van der Waals surface area contributed by atoms with Gasteiger partial charge in [0.05, 0.1) is 5.76 Å². The standard InChI is InChI=1S/C31H28O3/c1-18(2)15-19-3-5-22(6-4-19)29-30-25-16-23(32)11-7-20(25)9-13-27(30)34-28-14-10-21-8-12-24(33)17-26(21)31(28)29/h3-7,9-11,13-14,16-18,29,32-33H,8,12,15H2,1-2H3. The Labute approximate surface area is 200 Å². The lowest BCUT2D eigenvalue weighted by molar-refractivity contribution is 0.391. The Morgan fingerprint density at radius 2 is 1.59 bits per heavy atom. The monoisotopic (exact) mass is 448 g/mol. The van der Waals surface area contributed by atoms with E-state index < -0.39 is 0 Å². The van der Waals surface area contributed by atoms with Crippen LogP contribution in [0.15, 0.2) is 72.5 Å². The van der Waals surface area contributed by atoms with Gasteiger partial charge in [-0.2, -0.15) is 0 Å². The number of hydrogen-bond donors (Lipinski definition) is 2. The number of fused-ring (bicyclic) bond motifs is 6. The summed E-state index contributed by atoms with van der Waals surface area (Å²) in [7, 11) is 0. The van der Waals surface area contributed by atoms with Crippen molar-refractivity contribution in [1.29, 1.82) is 0 Å². The molecule has 170 valence electrons. The molecule has 1 heterocycles. The molecule has 3 heteroatoms. The molecule has 1 unspecified atom stereocenters. The third kappa shape index (κ3) is 3.43. The molecule has 0 aromatic heterocycles. The third-order valence-electron chi connectivity index (χ3n) is 7.06. The SMILES string of the molecule is CC(C)Cc1ccc(C2c3c(ccc4c3C=C(O)CC4)Oc3ccc4ccc(O)cc4c32)cc1. The molecule has 6 rings (SSSR count). The quantitative estimate of drug-likeness (QED) is 0.295. The molecule has 1 aliphatic heterocycles. The van der Waals surface area contributed by atoms with Crippen LogP contribution >= 0.6 is 0 Å². The van der Waals surface area contributed by atoms with Gasteiger partial charge in [0.2, 0.25) is 0 Å². The van der Waals surface area contributed by atoms with Crippen molar-refractivity contribution in [2.75, 3.05) is 0 Å². The van der Waals surface area contributed by atoms with Gasteiger partial charge in [0, 0.05) is 23.5 Å². The Bertz CT molecular complexity index is 1440. The predicted octanol–water partition coefficient (Wildman–Crippen LogP) is 7.87. The molecule has 0 fully saturated rings. The number of aliphatic hydroxyl groups is 1. The molecule has 0 saturated carbocycles. The molecule has 0 saturated heterocycles. The maximum absolute atomic E-state index is 10.4. The first-order valence-electron chi connectivity index (χ1n) is 12.1. The molecule has 0 radical (unpaired) electrons. The maximum atomic E-state index is 10.4. The van der Waals surface area contributed by atoms with E-state index in [1.165, 1.54) is 16.7 Å². The van der Waals surface area contributed by atoms with Crippen molar-refractivity contribution in [1.82, 2.24) is 0 Å². The van der Waals surface area contributed by atoms with Crippen molar-refractivity contribution in [3.05, 3.63) is 106 Å². The van der Waals surface area contributed by atoms with Crippen LogP contribution in [0.1, 0.15) is 59.6 Å². The van der Waals surface area contributed by atoms with Gasteiger partial charge in [0.15, 0.2) is 0 Å². The summed E-state index contributed by atoms with van der Waals surface area (Å²) in [6.07, 6.45) is 4.43. The van der Waals surface area contributed by atoms with E-state index in [1.54, 1.807) is 6.07 Å². The van der Waals surface area contributed by atoms with Crippen LogP contribution in [0, 0.1) is 5.92 Å². The summed E-state index contributed by atoms with van der Waals surface area (Å²) in [5.74, 6) is 2.81. The van der Waals surface area contributed by atoms with E-state index >= 15 is 0 Å². The number of phenolic OH excluding ortho intramolecular Hbond substituents is 1. The van der Waals surface area contributed by atoms with Gasteiger partial charge in [-0.3, -0.25) is 0 Å². The molecule has 2 N–H and O–H groups in total. The normalized spacial score (nSPS) is 16.4. The third-order valence-corrected chi connectivity index (χ3v) is 7.06. The van der Waals surface area contributed by atoms with E-state index in [-0.39, 0.29) is 11.7 Å². The van der Waals surface area contributed by atoms with E-state index in [0.29, 0.717) is 18.1 Å². The molecular formula is C31H28O3. The topological polar surface area (TPSA) is 49.7 Å². The first-order valence-corrected chi connectivity index (χ1v) is 12.1. The van der Waals surface area contributed by atoms with Gasteiger partial charge in [0.25, 0.3) is 0 Å². The molecule has 0 amide bonds. The largest absolute Gasteiger partial charge is 0.512 e. The van der Waals surface area contributed by atoms with Crippen LogP contribution in [0.5, 0.6) is 17.2 Å². The molecule has 0 spiro atoms. The molecule has 1 atom stereocenters. The van der Waals surface area contributed by atoms with Crippen molar-refractivity contribution in [2.45, 2.75) is 39.0 Å². The Kier molecular flexibility index (Phi) is 4.88. The van der Waals surface area contributed by atoms with Crippen molar-refractivity contribution in [2.24, 2.45) is 5.92 Å². The number of benzene rings is 4. The number of aliphatic hydroxyl groups excluding tert-OH is 1. The molecule has 4 aromatic carbocycles. The Morgan fingerprint density at radius 3 is 2.38 bits per heavy atom. The van der Waals surface area contributed by atoms with Crippen molar-refractivity contribution < 1.29 is 14.9 Å². The van der Waals surface area contributed by atoms with Gasteiger partial charge >= 0.3 is 0 Å². The van der Waals surface area contributed by atoms with Crippen LogP contribution in [0.4, 0.5) is 0 Å². The highest BCUT2D eigenvalue weighted by Gasteiger charge is 2.34. The van der Waals surface area contributed by atoms with Crippen molar-refractivity contribution in [3.8, 4) is 17.2 Å². The van der Waals surface area contributed by atoms with E-state index in [1.807, 2.05) is 30.3 Å². The summed E-state index contributed by atoms with van der Waals surface area (Å²) in [6.45, 7) is 4.48. The fraction of sp³-hybridized carbons (Fsp3) is 0.226. The first kappa shape index (κ1) is 20.9. The van der Waals surface area contributed by atoms with Gasteiger partial charge in [0.1, 0.15) is 17.2 Å². The summed E-state index contributed by atoms with van der Waals surface area (Å²) in [4.78, 5) is 0. The van der Waals surface area contributed by atoms with E-state index in [2.05, 4.69) is 50.2 Å². The summed E-state index contributed by atoms with van der Waals surface area (Å²) in [6, 6.07) is 22.7. The Morgan fingerprint density at radius 1 is 0.853 bits per heavy atom. The van der Waals surface area contributed by atoms with Crippen LogP contribution in [0.25, 0.3) is 16.8 Å². The fourth-order valence-electron chi connectivity index (χ4n) is 5.55. The second-order valence-electron chi connectivity index (χ2n) is 9.94. The fourth-order valence-corrected chi connectivity index (χ4v) is 5.55. The van der Waals surface area contributed by atoms with Crippen molar-refractivity contribution in [3.63, 3.8) is 0 Å². The van der Waals surface area contributed by atoms with Gasteiger partial charge in [-0.05, 0) is 82.1 Å². The average Bonchev–Trinajstić information content (AvgIpc) is 2.82. The lowest BCUT2D eigenvalue weighted by Gasteiger charge is -2.33. The highest BCUT2D eigenvalue weighted by Crippen LogP contribution is 2.52. The lowest BCUT2D eigenvalue weighted by atomic mass is 9.76. The number of aromatic hydroxyl groups is 1. The first-order chi connectivity index (χ1) is 16.5. The summed E-state index contributed by atoms with van der Waals surface area (Å²) < 4.78 is 6.46. The number of allylic oxidation sites excluding steroid dienone is 1. The van der Waals surface area contributed by atoms with Crippen LogP contribution < -0.4 is 4.74 Å². The lowest BCUT2D eigenvalue weighted by Crippen LogP contribution is -2.16. The van der Waals surface area contributed by atoms with Crippen LogP contribution in [-0.4, -0.2) is 10.2 Å². The summed E-state index contributed by atoms with van der Waals surface area (Å²) in [5, 5.41) is 22.8. The molecule has 3 nitrogen and oxygen atoms in total. The van der Waals surface area contributed by atoms with Gasteiger partial charge in [-0.15, -0.1) is 0 Å². The number of ether oxygens (including phenoxy) is 1. The second kappa shape index (κ2) is 7.95. The van der Waals surface area contributed by atoms with Crippen LogP contribution in [-0.2, 0) is 12.8 Å². The van der Waals surface area contributed by atoms with E-state index in [0.717, 1.165) is 51.8 Å². The Hall–Kier alpha value is -3.72. The minimum Gasteiger partial charge on any atom is -0.512 e. The molecule has 0 bridgehead atoms. The second-order valence-corrected chi connectivity index (χ2v) is 9.94. The number of aryl methyl sites for hydroxylation is 1. The Balaban J connectivity index is 1.64. The maximum Gasteiger partial charge on any atom is 0.132 e. The summed E-state index contributed by atoms with van der Waals surface area (Å²) >= 11 is 0. The molecule has 2 aliphatic rings.